The monoisotopic (exact) mass is 633 g/mol. The topological polar surface area (TPSA) is 90.5 Å². The van der Waals surface area contributed by atoms with E-state index in [1.807, 2.05) is 39.8 Å². The predicted octanol–water partition coefficient (Wildman–Crippen LogP) is 6.45. The number of hydrogen-bond donors (Lipinski definition) is 1. The summed E-state index contributed by atoms with van der Waals surface area (Å²) >= 11 is 6.98. The highest BCUT2D eigenvalue weighted by atomic mass is 35.5. The number of H-pyrrole nitrogens is 1. The van der Waals surface area contributed by atoms with Gasteiger partial charge in [0.05, 0.1) is 16.2 Å². The van der Waals surface area contributed by atoms with Gasteiger partial charge in [-0.2, -0.15) is 15.1 Å². The number of ether oxygens (including phenoxy) is 1. The van der Waals surface area contributed by atoms with Gasteiger partial charge in [-0.3, -0.25) is 14.8 Å². The molecule has 0 aliphatic carbocycles. The van der Waals surface area contributed by atoms with Crippen molar-refractivity contribution in [3.63, 3.8) is 0 Å². The largest absolute Gasteiger partial charge is 0.462 e. The number of fused-ring (bicyclic) bond motifs is 2. The Morgan fingerprint density at radius 2 is 1.98 bits per heavy atom. The van der Waals surface area contributed by atoms with Gasteiger partial charge < -0.3 is 14.5 Å². The normalized spacial score (nSPS) is 21.0. The van der Waals surface area contributed by atoms with Gasteiger partial charge in [-0.15, -0.1) is 0 Å². The third kappa shape index (κ3) is 5.52. The fraction of sp³-hybridized carbons (Fsp3) is 0.471. The van der Waals surface area contributed by atoms with Crippen molar-refractivity contribution in [1.29, 1.82) is 0 Å². The van der Waals surface area contributed by atoms with Crippen molar-refractivity contribution >= 4 is 45.1 Å². The quantitative estimate of drug-likeness (QED) is 0.234. The van der Waals surface area contributed by atoms with Crippen LogP contribution in [0.1, 0.15) is 51.8 Å². The molecule has 9 nitrogen and oxygen atoms in total. The highest BCUT2D eigenvalue weighted by Crippen LogP contribution is 2.43. The van der Waals surface area contributed by atoms with E-state index in [4.69, 9.17) is 26.3 Å². The lowest BCUT2D eigenvalue weighted by atomic mass is 9.94. The first-order chi connectivity index (χ1) is 21.5. The minimum absolute atomic E-state index is 0.116. The molecule has 2 aromatic carbocycles. The number of amides is 1. The van der Waals surface area contributed by atoms with Crippen LogP contribution in [-0.4, -0.2) is 86.3 Å². The maximum Gasteiger partial charge on any atom is 0.319 e. The number of nitrogens with one attached hydrogen (secondary N) is 1. The maximum atomic E-state index is 17.0. The Morgan fingerprint density at radius 3 is 2.71 bits per heavy atom. The molecule has 4 heterocycles. The summed E-state index contributed by atoms with van der Waals surface area (Å²) in [6.45, 7) is 18.3. The number of halogens is 2. The number of aromatic amines is 1. The van der Waals surface area contributed by atoms with Crippen molar-refractivity contribution in [3.05, 3.63) is 53.0 Å². The summed E-state index contributed by atoms with van der Waals surface area (Å²) in [4.78, 5) is 28.5. The molecule has 2 aliphatic rings. The number of carbonyl (C=O) groups is 1. The molecule has 2 fully saturated rings. The molecule has 11 heteroatoms. The highest BCUT2D eigenvalue weighted by molar-refractivity contribution is 6.35. The molecule has 0 saturated carbocycles. The number of aromatic nitrogens is 4. The van der Waals surface area contributed by atoms with Crippen molar-refractivity contribution in [3.8, 4) is 17.1 Å². The summed E-state index contributed by atoms with van der Waals surface area (Å²) in [6, 6.07) is 6.15. The van der Waals surface area contributed by atoms with Crippen molar-refractivity contribution < 1.29 is 13.9 Å². The van der Waals surface area contributed by atoms with E-state index in [9.17, 15) is 4.79 Å². The van der Waals surface area contributed by atoms with Crippen LogP contribution in [0.5, 0.6) is 6.01 Å². The Bertz CT molecular complexity index is 1790. The second kappa shape index (κ2) is 12.2. The van der Waals surface area contributed by atoms with Crippen LogP contribution in [-0.2, 0) is 4.79 Å². The van der Waals surface area contributed by atoms with E-state index in [1.54, 1.807) is 11.0 Å². The minimum atomic E-state index is -0.534. The fourth-order valence-electron chi connectivity index (χ4n) is 7.10. The first-order valence-electron chi connectivity index (χ1n) is 15.7. The second-order valence-corrected chi connectivity index (χ2v) is 13.2. The molecule has 45 heavy (non-hydrogen) atoms. The van der Waals surface area contributed by atoms with Gasteiger partial charge in [0.25, 0.3) is 0 Å². The third-order valence-corrected chi connectivity index (χ3v) is 9.72. The lowest BCUT2D eigenvalue weighted by Crippen LogP contribution is -2.58. The number of likely N-dealkylation sites (tertiary alicyclic amines) is 1. The summed E-state index contributed by atoms with van der Waals surface area (Å²) in [5.74, 6) is -0.114. The zero-order valence-corrected chi connectivity index (χ0v) is 27.6. The van der Waals surface area contributed by atoms with Crippen LogP contribution < -0.4 is 9.64 Å². The fourth-order valence-corrected chi connectivity index (χ4v) is 7.39. The van der Waals surface area contributed by atoms with Crippen LogP contribution >= 0.6 is 11.6 Å². The number of nitrogens with zero attached hydrogens (tertiary/aromatic N) is 6. The molecule has 1 amide bonds. The number of rotatable bonds is 7. The van der Waals surface area contributed by atoms with E-state index in [1.165, 1.54) is 6.08 Å². The van der Waals surface area contributed by atoms with Crippen LogP contribution in [0.15, 0.2) is 30.9 Å². The standard InChI is InChI=1S/C34H41ClFN7O2/c1-8-27(44)42-15-21(6)43(16-20(42)5)33-24-14-25(35)30(28-19(4)11-12-26-29(28)22(7)39-40-26)31(36)32(24)37-34(38-33)45-17-23-10-9-13-41(23)18(2)3/h8,11-12,14,18,20-21,23H,1,9-10,13,15-17H2,2-7H3,(H,39,40)/t20-,21+,23?/m1/s1. The van der Waals surface area contributed by atoms with E-state index < -0.39 is 5.82 Å². The first-order valence-corrected chi connectivity index (χ1v) is 16.1. The molecule has 0 bridgehead atoms. The molecule has 1 unspecified atom stereocenters. The van der Waals surface area contributed by atoms with Crippen LogP contribution in [0, 0.1) is 19.7 Å². The van der Waals surface area contributed by atoms with Gasteiger partial charge in [-0.1, -0.05) is 24.2 Å². The number of anilines is 1. The Hall–Kier alpha value is -3.76. The van der Waals surface area contributed by atoms with Crippen molar-refractivity contribution in [2.45, 2.75) is 78.6 Å². The molecule has 4 aromatic rings. The molecule has 0 radical (unpaired) electrons. The molecular weight excluding hydrogens is 593 g/mol. The van der Waals surface area contributed by atoms with E-state index >= 15 is 4.39 Å². The minimum Gasteiger partial charge on any atom is -0.462 e. The Balaban J connectivity index is 1.50. The van der Waals surface area contributed by atoms with Crippen LogP contribution in [0.4, 0.5) is 10.2 Å². The van der Waals surface area contributed by atoms with Gasteiger partial charge in [0.1, 0.15) is 17.9 Å². The van der Waals surface area contributed by atoms with Crippen LogP contribution in [0.25, 0.3) is 32.9 Å². The molecule has 2 aromatic heterocycles. The van der Waals surface area contributed by atoms with Crippen molar-refractivity contribution in [2.24, 2.45) is 0 Å². The third-order valence-electron chi connectivity index (χ3n) is 9.42. The number of aryl methyl sites for hydroxylation is 2. The first kappa shape index (κ1) is 31.2. The summed E-state index contributed by atoms with van der Waals surface area (Å²) in [5, 5.41) is 8.98. The van der Waals surface area contributed by atoms with Gasteiger partial charge in [0.2, 0.25) is 5.91 Å². The molecule has 238 valence electrons. The molecule has 2 saturated heterocycles. The summed E-state index contributed by atoms with van der Waals surface area (Å²) in [7, 11) is 0. The van der Waals surface area contributed by atoms with Gasteiger partial charge >= 0.3 is 6.01 Å². The average molecular weight is 634 g/mol. The molecule has 2 aliphatic heterocycles. The Labute approximate surface area is 268 Å². The van der Waals surface area contributed by atoms with Gasteiger partial charge in [0, 0.05) is 59.2 Å². The molecule has 6 rings (SSSR count). The molecule has 0 spiro atoms. The number of hydrogen-bond acceptors (Lipinski definition) is 7. The smallest absolute Gasteiger partial charge is 0.319 e. The van der Waals surface area contributed by atoms with Crippen molar-refractivity contribution in [2.75, 3.05) is 31.1 Å². The van der Waals surface area contributed by atoms with E-state index in [0.29, 0.717) is 42.5 Å². The van der Waals surface area contributed by atoms with E-state index in [2.05, 4.69) is 40.4 Å². The van der Waals surface area contributed by atoms with Gasteiger partial charge in [0.15, 0.2) is 5.82 Å². The summed E-state index contributed by atoms with van der Waals surface area (Å²) in [6.07, 6.45) is 3.47. The SMILES string of the molecule is C=CC(=O)N1C[C@H](C)N(c2nc(OCC3CCCN3C(C)C)nc3c(F)c(-c4c(C)ccc5[nH]nc(C)c45)c(Cl)cc23)C[C@H]1C. The van der Waals surface area contributed by atoms with Gasteiger partial charge in [-0.25, -0.2) is 4.39 Å². The van der Waals surface area contributed by atoms with Crippen LogP contribution in [0.3, 0.4) is 0 Å². The van der Waals surface area contributed by atoms with Gasteiger partial charge in [-0.05, 0) is 84.7 Å². The Morgan fingerprint density at radius 1 is 1.20 bits per heavy atom. The maximum absolute atomic E-state index is 17.0. The lowest BCUT2D eigenvalue weighted by Gasteiger charge is -2.44. The molecule has 3 atom stereocenters. The number of carbonyl (C=O) groups excluding carboxylic acids is 1. The Kier molecular flexibility index (Phi) is 8.47. The highest BCUT2D eigenvalue weighted by Gasteiger charge is 2.34. The zero-order valence-electron chi connectivity index (χ0n) is 26.8. The lowest BCUT2D eigenvalue weighted by molar-refractivity contribution is -0.128. The van der Waals surface area contributed by atoms with E-state index in [0.717, 1.165) is 41.5 Å². The summed E-state index contributed by atoms with van der Waals surface area (Å²) < 4.78 is 23.3. The van der Waals surface area contributed by atoms with Crippen molar-refractivity contribution in [1.82, 2.24) is 30.0 Å². The second-order valence-electron chi connectivity index (χ2n) is 12.7. The average Bonchev–Trinajstić information content (AvgIpc) is 3.64. The van der Waals surface area contributed by atoms with Crippen LogP contribution in [0.2, 0.25) is 5.02 Å². The van der Waals surface area contributed by atoms with E-state index in [-0.39, 0.29) is 46.1 Å². The zero-order chi connectivity index (χ0) is 32.2. The molecular formula is C34H41ClFN7O2. The summed E-state index contributed by atoms with van der Waals surface area (Å²) in [5.41, 5.74) is 3.53. The number of benzene rings is 2. The predicted molar refractivity (Wildman–Crippen MR) is 178 cm³/mol. The number of piperazine rings is 1. The molecule has 1 N–H and O–H groups in total.